The molecule has 0 heterocycles. The van der Waals surface area contributed by atoms with E-state index in [1.807, 2.05) is 0 Å². The van der Waals surface area contributed by atoms with Gasteiger partial charge in [0.2, 0.25) is 5.91 Å². The summed E-state index contributed by atoms with van der Waals surface area (Å²) in [5.41, 5.74) is 1.18. The van der Waals surface area contributed by atoms with E-state index >= 15 is 0 Å². The summed E-state index contributed by atoms with van der Waals surface area (Å²) in [5.74, 6) is -0.681. The first-order valence-corrected chi connectivity index (χ1v) is 5.69. The molecule has 18 heavy (non-hydrogen) atoms. The van der Waals surface area contributed by atoms with Crippen molar-refractivity contribution in [3.8, 4) is 0 Å². The maximum atomic E-state index is 11.5. The van der Waals surface area contributed by atoms with E-state index in [0.717, 1.165) is 5.56 Å². The number of carbonyl (C=O) groups excluding carboxylic acids is 2. The molecule has 0 saturated heterocycles. The van der Waals surface area contributed by atoms with E-state index in [1.165, 1.54) is 14.0 Å². The number of esters is 1. The smallest absolute Gasteiger partial charge is 0.335 e. The van der Waals surface area contributed by atoms with Crippen molar-refractivity contribution < 1.29 is 14.3 Å². The molecule has 0 saturated carbocycles. The maximum Gasteiger partial charge on any atom is 0.335 e. The molecular weight excluding hydrogens is 254 g/mol. The predicted octanol–water partition coefficient (Wildman–Crippen LogP) is 2.03. The van der Waals surface area contributed by atoms with Gasteiger partial charge in [0.1, 0.15) is 0 Å². The molecule has 5 heteroatoms. The molecular formula is C13H14ClNO3. The molecule has 0 radical (unpaired) electrons. The summed E-state index contributed by atoms with van der Waals surface area (Å²) < 4.78 is 4.66. The second kappa shape index (κ2) is 6.81. The van der Waals surface area contributed by atoms with Crippen molar-refractivity contribution in [2.24, 2.45) is 0 Å². The third kappa shape index (κ3) is 4.59. The zero-order valence-electron chi connectivity index (χ0n) is 10.2. The first-order chi connectivity index (χ1) is 8.52. The van der Waals surface area contributed by atoms with Crippen LogP contribution in [0.1, 0.15) is 12.5 Å². The number of halogens is 1. The Balaban J connectivity index is 2.90. The lowest BCUT2D eigenvalue weighted by atomic mass is 10.1. The van der Waals surface area contributed by atoms with Crippen LogP contribution in [0.2, 0.25) is 5.02 Å². The first kappa shape index (κ1) is 14.3. The highest BCUT2D eigenvalue weighted by Gasteiger charge is 2.10. The Labute approximate surface area is 111 Å². The third-order valence-corrected chi connectivity index (χ3v) is 2.44. The molecule has 0 aliphatic heterocycles. The van der Waals surface area contributed by atoms with Gasteiger partial charge >= 0.3 is 5.97 Å². The van der Waals surface area contributed by atoms with Crippen molar-refractivity contribution in [2.45, 2.75) is 6.92 Å². The molecule has 1 rings (SSSR count). The largest absolute Gasteiger partial charge is 0.466 e. The lowest BCUT2D eigenvalue weighted by Crippen LogP contribution is -2.25. The highest BCUT2D eigenvalue weighted by molar-refractivity contribution is 6.30. The highest BCUT2D eigenvalue weighted by atomic mass is 35.5. The molecule has 0 atom stereocenters. The number of methoxy groups -OCH3 is 1. The average molecular weight is 268 g/mol. The van der Waals surface area contributed by atoms with Crippen LogP contribution in [0.5, 0.6) is 0 Å². The number of ether oxygens (including phenoxy) is 1. The summed E-state index contributed by atoms with van der Waals surface area (Å²) in [7, 11) is 1.30. The van der Waals surface area contributed by atoms with Crippen molar-refractivity contribution in [1.29, 1.82) is 0 Å². The molecule has 0 bridgehead atoms. The normalized spacial score (nSPS) is 10.9. The van der Waals surface area contributed by atoms with Crippen LogP contribution in [0.15, 0.2) is 29.8 Å². The van der Waals surface area contributed by atoms with Crippen LogP contribution in [0.4, 0.5) is 0 Å². The molecule has 96 valence electrons. The lowest BCUT2D eigenvalue weighted by molar-refractivity contribution is -0.136. The van der Waals surface area contributed by atoms with Gasteiger partial charge in [0.15, 0.2) is 0 Å². The molecule has 4 nitrogen and oxygen atoms in total. The third-order valence-electron chi connectivity index (χ3n) is 2.19. The molecule has 0 aliphatic carbocycles. The predicted molar refractivity (Wildman–Crippen MR) is 70.1 cm³/mol. The second-order valence-corrected chi connectivity index (χ2v) is 4.06. The number of amides is 1. The summed E-state index contributed by atoms with van der Waals surface area (Å²) in [5, 5.41) is 3.18. The fourth-order valence-corrected chi connectivity index (χ4v) is 1.42. The quantitative estimate of drug-likeness (QED) is 0.671. The molecule has 1 aromatic carbocycles. The SMILES string of the molecule is COC(=O)/C(=C/c1ccc(Cl)cc1)CNC(C)=O. The number of carbonyl (C=O) groups is 2. The fraction of sp³-hybridized carbons (Fsp3) is 0.231. The first-order valence-electron chi connectivity index (χ1n) is 5.32. The number of hydrogen-bond donors (Lipinski definition) is 1. The van der Waals surface area contributed by atoms with Crippen molar-refractivity contribution in [2.75, 3.05) is 13.7 Å². The van der Waals surface area contributed by atoms with E-state index in [1.54, 1.807) is 30.3 Å². The fourth-order valence-electron chi connectivity index (χ4n) is 1.29. The van der Waals surface area contributed by atoms with Gasteiger partial charge in [0.25, 0.3) is 0 Å². The van der Waals surface area contributed by atoms with Gasteiger partial charge in [-0.2, -0.15) is 0 Å². The molecule has 0 aliphatic rings. The van der Waals surface area contributed by atoms with Gasteiger partial charge in [-0.15, -0.1) is 0 Å². The van der Waals surface area contributed by atoms with Crippen LogP contribution in [-0.2, 0) is 14.3 Å². The summed E-state index contributed by atoms with van der Waals surface area (Å²) in [6.45, 7) is 1.52. The lowest BCUT2D eigenvalue weighted by Gasteiger charge is -2.06. The van der Waals surface area contributed by atoms with Gasteiger partial charge < -0.3 is 10.1 Å². The van der Waals surface area contributed by atoms with Crippen LogP contribution in [0.3, 0.4) is 0 Å². The maximum absolute atomic E-state index is 11.5. The van der Waals surface area contributed by atoms with E-state index in [2.05, 4.69) is 10.1 Å². The Kier molecular flexibility index (Phi) is 5.39. The molecule has 1 N–H and O–H groups in total. The minimum absolute atomic E-state index is 0.130. The van der Waals surface area contributed by atoms with Crippen LogP contribution in [0.25, 0.3) is 6.08 Å². The van der Waals surface area contributed by atoms with E-state index in [-0.39, 0.29) is 12.5 Å². The zero-order valence-corrected chi connectivity index (χ0v) is 11.0. The van der Waals surface area contributed by atoms with E-state index in [0.29, 0.717) is 10.6 Å². The average Bonchev–Trinajstić information content (AvgIpc) is 2.35. The Morgan fingerprint density at radius 1 is 1.33 bits per heavy atom. The molecule has 0 spiro atoms. The van der Waals surface area contributed by atoms with Crippen molar-refractivity contribution in [1.82, 2.24) is 5.32 Å². The van der Waals surface area contributed by atoms with Gasteiger partial charge in [-0.3, -0.25) is 4.79 Å². The molecule has 1 amide bonds. The number of rotatable bonds is 4. The number of hydrogen-bond acceptors (Lipinski definition) is 3. The minimum atomic E-state index is -0.473. The van der Waals surface area contributed by atoms with E-state index in [9.17, 15) is 9.59 Å². The molecule has 0 fully saturated rings. The van der Waals surface area contributed by atoms with Gasteiger partial charge in [-0.25, -0.2) is 4.79 Å². The summed E-state index contributed by atoms with van der Waals surface area (Å²) in [6, 6.07) is 7.00. The van der Waals surface area contributed by atoms with Crippen LogP contribution >= 0.6 is 11.6 Å². The van der Waals surface area contributed by atoms with Crippen LogP contribution < -0.4 is 5.32 Å². The van der Waals surface area contributed by atoms with Gasteiger partial charge in [0, 0.05) is 18.5 Å². The topological polar surface area (TPSA) is 55.4 Å². The Hall–Kier alpha value is -1.81. The molecule has 1 aromatic rings. The Morgan fingerprint density at radius 3 is 2.44 bits per heavy atom. The van der Waals surface area contributed by atoms with Gasteiger partial charge in [0.05, 0.1) is 12.7 Å². The van der Waals surface area contributed by atoms with Crippen molar-refractivity contribution >= 4 is 29.6 Å². The minimum Gasteiger partial charge on any atom is -0.466 e. The highest BCUT2D eigenvalue weighted by Crippen LogP contribution is 2.13. The number of benzene rings is 1. The summed E-state index contributed by atoms with van der Waals surface area (Å²) in [4.78, 5) is 22.4. The zero-order chi connectivity index (χ0) is 13.5. The van der Waals surface area contributed by atoms with Gasteiger partial charge in [-0.1, -0.05) is 23.7 Å². The second-order valence-electron chi connectivity index (χ2n) is 3.62. The van der Waals surface area contributed by atoms with Crippen molar-refractivity contribution in [3.63, 3.8) is 0 Å². The standard InChI is InChI=1S/C13H14ClNO3/c1-9(16)15-8-11(13(17)18-2)7-10-3-5-12(14)6-4-10/h3-7H,8H2,1-2H3,(H,15,16)/b11-7+. The van der Waals surface area contributed by atoms with E-state index in [4.69, 9.17) is 11.6 Å². The monoisotopic (exact) mass is 267 g/mol. The summed E-state index contributed by atoms with van der Waals surface area (Å²) >= 11 is 5.77. The Bertz CT molecular complexity index is 466. The van der Waals surface area contributed by atoms with Crippen LogP contribution in [0, 0.1) is 0 Å². The van der Waals surface area contributed by atoms with Crippen LogP contribution in [-0.4, -0.2) is 25.5 Å². The molecule has 0 aromatic heterocycles. The van der Waals surface area contributed by atoms with E-state index < -0.39 is 5.97 Å². The molecule has 0 unspecified atom stereocenters. The summed E-state index contributed by atoms with van der Waals surface area (Å²) in [6.07, 6.45) is 1.65. The Morgan fingerprint density at radius 2 is 1.94 bits per heavy atom. The van der Waals surface area contributed by atoms with Crippen molar-refractivity contribution in [3.05, 3.63) is 40.4 Å². The van der Waals surface area contributed by atoms with Gasteiger partial charge in [-0.05, 0) is 23.8 Å². The number of nitrogens with one attached hydrogen (secondary N) is 1.